The van der Waals surface area contributed by atoms with Crippen LogP contribution in [0.25, 0.3) is 0 Å². The van der Waals surface area contributed by atoms with Crippen LogP contribution in [0.15, 0.2) is 4.99 Å². The molecule has 0 atom stereocenters. The summed E-state index contributed by atoms with van der Waals surface area (Å²) in [6, 6.07) is 0. The van der Waals surface area contributed by atoms with Crippen LogP contribution in [0.2, 0.25) is 0 Å². The maximum Gasteiger partial charge on any atom is 0.191 e. The summed E-state index contributed by atoms with van der Waals surface area (Å²) in [5, 5.41) is 0. The standard InChI is InChI=1S/C21H35N3O/c1-13-14(2)18-16(10-11-21(7,8)25-18)15(3)17(13)12-23-19(22)24(9)20(4,5)6/h10-12H2,1-9H3,(H2,22,23). The van der Waals surface area contributed by atoms with Gasteiger partial charge in [-0.25, -0.2) is 4.99 Å². The first kappa shape index (κ1) is 19.6. The summed E-state index contributed by atoms with van der Waals surface area (Å²) >= 11 is 0. The molecule has 0 amide bonds. The number of nitrogens with two attached hydrogens (primary N) is 1. The Morgan fingerprint density at radius 2 is 1.76 bits per heavy atom. The quantitative estimate of drug-likeness (QED) is 0.643. The summed E-state index contributed by atoms with van der Waals surface area (Å²) in [4.78, 5) is 6.70. The normalized spacial score (nSPS) is 17.1. The van der Waals surface area contributed by atoms with Crippen molar-refractivity contribution < 1.29 is 4.74 Å². The number of fused-ring (bicyclic) bond motifs is 1. The van der Waals surface area contributed by atoms with Gasteiger partial charge in [-0.2, -0.15) is 0 Å². The minimum absolute atomic E-state index is 0.0388. The van der Waals surface area contributed by atoms with E-state index in [1.807, 2.05) is 11.9 Å². The number of hydrogen-bond donors (Lipinski definition) is 1. The predicted molar refractivity (Wildman–Crippen MR) is 107 cm³/mol. The zero-order valence-corrected chi connectivity index (χ0v) is 17.5. The van der Waals surface area contributed by atoms with Crippen molar-refractivity contribution in [2.45, 2.75) is 85.9 Å². The monoisotopic (exact) mass is 345 g/mol. The Morgan fingerprint density at radius 1 is 1.16 bits per heavy atom. The second-order valence-electron chi connectivity index (χ2n) is 8.93. The van der Waals surface area contributed by atoms with Gasteiger partial charge in [0.25, 0.3) is 0 Å². The van der Waals surface area contributed by atoms with Crippen molar-refractivity contribution in [2.75, 3.05) is 7.05 Å². The van der Waals surface area contributed by atoms with Crippen LogP contribution >= 0.6 is 0 Å². The molecule has 0 spiro atoms. The van der Waals surface area contributed by atoms with Crippen LogP contribution in [0.1, 0.15) is 68.9 Å². The van der Waals surface area contributed by atoms with E-state index >= 15 is 0 Å². The number of hydrogen-bond acceptors (Lipinski definition) is 2. The second-order valence-corrected chi connectivity index (χ2v) is 8.93. The van der Waals surface area contributed by atoms with Crippen molar-refractivity contribution in [1.29, 1.82) is 0 Å². The Balaban J connectivity index is 2.40. The summed E-state index contributed by atoms with van der Waals surface area (Å²) in [6.07, 6.45) is 2.10. The molecule has 0 unspecified atom stereocenters. The van der Waals surface area contributed by atoms with Gasteiger partial charge in [0, 0.05) is 12.6 Å². The molecular formula is C21H35N3O. The molecule has 1 aliphatic rings. The van der Waals surface area contributed by atoms with Gasteiger partial charge in [-0.1, -0.05) is 0 Å². The molecule has 0 saturated carbocycles. The minimum atomic E-state index is -0.0871. The van der Waals surface area contributed by atoms with Crippen LogP contribution in [-0.4, -0.2) is 29.0 Å². The molecule has 1 aliphatic heterocycles. The van der Waals surface area contributed by atoms with Crippen LogP contribution in [0.4, 0.5) is 0 Å². The zero-order valence-electron chi connectivity index (χ0n) is 17.5. The molecule has 140 valence electrons. The fourth-order valence-electron chi connectivity index (χ4n) is 3.30. The molecule has 2 rings (SSSR count). The Labute approximate surface area is 153 Å². The van der Waals surface area contributed by atoms with Crippen LogP contribution in [0, 0.1) is 20.8 Å². The van der Waals surface area contributed by atoms with Crippen molar-refractivity contribution in [2.24, 2.45) is 10.7 Å². The van der Waals surface area contributed by atoms with Gasteiger partial charge in [0.2, 0.25) is 0 Å². The Hall–Kier alpha value is -1.71. The van der Waals surface area contributed by atoms with E-state index in [-0.39, 0.29) is 11.1 Å². The largest absolute Gasteiger partial charge is 0.487 e. The Morgan fingerprint density at radius 3 is 2.32 bits per heavy atom. The maximum atomic E-state index is 6.31. The molecule has 1 aromatic carbocycles. The number of guanidine groups is 1. The van der Waals surface area contributed by atoms with E-state index in [0.29, 0.717) is 12.5 Å². The van der Waals surface area contributed by atoms with Gasteiger partial charge < -0.3 is 15.4 Å². The molecular weight excluding hydrogens is 310 g/mol. The number of benzene rings is 1. The van der Waals surface area contributed by atoms with Crippen LogP contribution in [-0.2, 0) is 13.0 Å². The molecule has 0 fully saturated rings. The van der Waals surface area contributed by atoms with Crippen molar-refractivity contribution in [3.63, 3.8) is 0 Å². The highest BCUT2D eigenvalue weighted by atomic mass is 16.5. The van der Waals surface area contributed by atoms with Crippen molar-refractivity contribution in [1.82, 2.24) is 4.90 Å². The van der Waals surface area contributed by atoms with Crippen LogP contribution in [0.5, 0.6) is 5.75 Å². The molecule has 4 nitrogen and oxygen atoms in total. The van der Waals surface area contributed by atoms with E-state index in [4.69, 9.17) is 10.5 Å². The van der Waals surface area contributed by atoms with E-state index in [2.05, 4.69) is 60.4 Å². The van der Waals surface area contributed by atoms with E-state index < -0.39 is 0 Å². The number of ether oxygens (including phenoxy) is 1. The highest BCUT2D eigenvalue weighted by molar-refractivity contribution is 5.78. The van der Waals surface area contributed by atoms with Gasteiger partial charge in [-0.15, -0.1) is 0 Å². The lowest BCUT2D eigenvalue weighted by Crippen LogP contribution is -2.46. The molecule has 0 saturated heterocycles. The van der Waals surface area contributed by atoms with Gasteiger partial charge in [0.05, 0.1) is 6.54 Å². The van der Waals surface area contributed by atoms with Crippen molar-refractivity contribution in [3.8, 4) is 5.75 Å². The Bertz CT molecular complexity index is 696. The zero-order chi connectivity index (χ0) is 19.2. The average Bonchev–Trinajstić information content (AvgIpc) is 2.49. The van der Waals surface area contributed by atoms with E-state index in [1.54, 1.807) is 0 Å². The first-order chi connectivity index (χ1) is 11.3. The third-order valence-electron chi connectivity index (χ3n) is 5.64. The fraction of sp³-hybridized carbons (Fsp3) is 0.667. The molecule has 1 heterocycles. The van der Waals surface area contributed by atoms with Gasteiger partial charge in [-0.3, -0.25) is 0 Å². The predicted octanol–water partition coefficient (Wildman–Crippen LogP) is 4.26. The number of nitrogens with zero attached hydrogens (tertiary/aromatic N) is 2. The lowest BCUT2D eigenvalue weighted by molar-refractivity contribution is 0.0833. The average molecular weight is 346 g/mol. The molecule has 0 bridgehead atoms. The van der Waals surface area contributed by atoms with Gasteiger partial charge >= 0.3 is 0 Å². The summed E-state index contributed by atoms with van der Waals surface area (Å²) in [7, 11) is 1.99. The topological polar surface area (TPSA) is 50.8 Å². The lowest BCUT2D eigenvalue weighted by Gasteiger charge is -2.36. The maximum absolute atomic E-state index is 6.31. The Kier molecular flexibility index (Phi) is 5.13. The lowest BCUT2D eigenvalue weighted by atomic mass is 9.85. The molecule has 1 aromatic rings. The highest BCUT2D eigenvalue weighted by Gasteiger charge is 2.30. The summed E-state index contributed by atoms with van der Waals surface area (Å²) < 4.78 is 6.31. The van der Waals surface area contributed by atoms with Gasteiger partial charge in [-0.05, 0) is 96.0 Å². The number of rotatable bonds is 2. The third-order valence-corrected chi connectivity index (χ3v) is 5.64. The fourth-order valence-corrected chi connectivity index (χ4v) is 3.30. The van der Waals surface area contributed by atoms with Crippen molar-refractivity contribution >= 4 is 5.96 Å². The SMILES string of the molecule is Cc1c(C)c2c(c(C)c1CN=C(N)N(C)C(C)(C)C)CCC(C)(C)O2. The minimum Gasteiger partial charge on any atom is -0.487 e. The first-order valence-electron chi connectivity index (χ1n) is 9.19. The van der Waals surface area contributed by atoms with Crippen LogP contribution < -0.4 is 10.5 Å². The molecule has 2 N–H and O–H groups in total. The number of aliphatic imine (C=N–C) groups is 1. The highest BCUT2D eigenvalue weighted by Crippen LogP contribution is 2.41. The second kappa shape index (κ2) is 6.54. The van der Waals surface area contributed by atoms with Crippen LogP contribution in [0.3, 0.4) is 0 Å². The van der Waals surface area contributed by atoms with E-state index in [0.717, 1.165) is 18.6 Å². The molecule has 0 radical (unpaired) electrons. The third kappa shape index (κ3) is 3.94. The summed E-state index contributed by atoms with van der Waals surface area (Å²) in [5.41, 5.74) is 12.5. The summed E-state index contributed by atoms with van der Waals surface area (Å²) in [6.45, 7) is 17.9. The van der Waals surface area contributed by atoms with Gasteiger partial charge in [0.1, 0.15) is 11.4 Å². The van der Waals surface area contributed by atoms with Gasteiger partial charge in [0.15, 0.2) is 5.96 Å². The van der Waals surface area contributed by atoms with Crippen molar-refractivity contribution in [3.05, 3.63) is 27.8 Å². The molecule has 0 aromatic heterocycles. The van der Waals surface area contributed by atoms with E-state index in [9.17, 15) is 0 Å². The first-order valence-corrected chi connectivity index (χ1v) is 9.19. The summed E-state index contributed by atoms with van der Waals surface area (Å²) in [5.74, 6) is 1.66. The smallest absolute Gasteiger partial charge is 0.191 e. The molecule has 25 heavy (non-hydrogen) atoms. The molecule has 0 aliphatic carbocycles. The van der Waals surface area contributed by atoms with E-state index in [1.165, 1.54) is 27.8 Å². The molecule has 4 heteroatoms.